The summed E-state index contributed by atoms with van der Waals surface area (Å²) in [4.78, 5) is 30.1. The van der Waals surface area contributed by atoms with Crippen LogP contribution in [0.2, 0.25) is 0 Å². The Morgan fingerprint density at radius 2 is 1.90 bits per heavy atom. The third kappa shape index (κ3) is 4.42. The highest BCUT2D eigenvalue weighted by atomic mass is 16.6. The molecular weight excluding hydrogens is 396 g/mol. The monoisotopic (exact) mass is 420 g/mol. The Bertz CT molecular complexity index is 1100. The maximum atomic E-state index is 12.8. The minimum Gasteiger partial charge on any atom is -0.441 e. The molecule has 1 fully saturated rings. The van der Waals surface area contributed by atoms with Crippen LogP contribution in [0.5, 0.6) is 0 Å². The van der Waals surface area contributed by atoms with Crippen molar-refractivity contribution in [3.8, 4) is 11.5 Å². The van der Waals surface area contributed by atoms with E-state index >= 15 is 0 Å². The van der Waals surface area contributed by atoms with E-state index in [9.17, 15) is 14.9 Å². The fourth-order valence-electron chi connectivity index (χ4n) is 3.84. The number of carbonyl (C=O) groups excluding carboxylic acids is 1. The fraction of sp³-hybridized carbons (Fsp3) is 0.304. The Hall–Kier alpha value is -3.68. The Labute approximate surface area is 180 Å². The van der Waals surface area contributed by atoms with Crippen LogP contribution in [0, 0.1) is 29.9 Å². The predicted molar refractivity (Wildman–Crippen MR) is 118 cm³/mol. The molecule has 0 atom stereocenters. The zero-order valence-electron chi connectivity index (χ0n) is 17.5. The van der Waals surface area contributed by atoms with Crippen LogP contribution in [-0.4, -0.2) is 28.9 Å². The molecule has 1 aliphatic heterocycles. The van der Waals surface area contributed by atoms with Crippen LogP contribution >= 0.6 is 0 Å². The molecule has 0 aliphatic carbocycles. The SMILES string of the molecule is Cc1nc(-c2cccc(NC(=O)C3CCN(c4ccccc4[N+](=O)[O-])CC3)c2)oc1C. The highest BCUT2D eigenvalue weighted by Crippen LogP contribution is 2.31. The third-order valence-electron chi connectivity index (χ3n) is 5.69. The first-order valence-electron chi connectivity index (χ1n) is 10.3. The van der Waals surface area contributed by atoms with Crippen molar-refractivity contribution in [3.63, 3.8) is 0 Å². The van der Waals surface area contributed by atoms with E-state index in [4.69, 9.17) is 4.42 Å². The van der Waals surface area contributed by atoms with Gasteiger partial charge in [-0.1, -0.05) is 18.2 Å². The quantitative estimate of drug-likeness (QED) is 0.473. The van der Waals surface area contributed by atoms with E-state index in [2.05, 4.69) is 10.3 Å². The number of para-hydroxylation sites is 2. The Kier molecular flexibility index (Phi) is 5.70. The standard InChI is InChI=1S/C23H24N4O4/c1-15-16(2)31-23(24-15)18-6-5-7-19(14-18)25-22(28)17-10-12-26(13-11-17)20-8-3-4-9-21(20)27(29)30/h3-9,14,17H,10-13H2,1-2H3,(H,25,28). The lowest BCUT2D eigenvalue weighted by atomic mass is 9.95. The lowest BCUT2D eigenvalue weighted by Crippen LogP contribution is -2.38. The summed E-state index contributed by atoms with van der Waals surface area (Å²) in [5.41, 5.74) is 3.04. The van der Waals surface area contributed by atoms with Crippen LogP contribution < -0.4 is 10.2 Å². The highest BCUT2D eigenvalue weighted by molar-refractivity contribution is 5.93. The molecule has 1 amide bonds. The van der Waals surface area contributed by atoms with Gasteiger partial charge in [0, 0.05) is 36.3 Å². The minimum absolute atomic E-state index is 0.0425. The number of nitro groups is 1. The number of benzene rings is 2. The van der Waals surface area contributed by atoms with Gasteiger partial charge in [-0.15, -0.1) is 0 Å². The first-order chi connectivity index (χ1) is 14.9. The van der Waals surface area contributed by atoms with Gasteiger partial charge in [-0.3, -0.25) is 14.9 Å². The predicted octanol–water partition coefficient (Wildman–Crippen LogP) is 4.72. The van der Waals surface area contributed by atoms with Gasteiger partial charge in [0.2, 0.25) is 11.8 Å². The number of nitrogens with one attached hydrogen (secondary N) is 1. The van der Waals surface area contributed by atoms with E-state index < -0.39 is 0 Å². The number of hydrogen-bond acceptors (Lipinski definition) is 6. The second-order valence-corrected chi connectivity index (χ2v) is 7.74. The maximum absolute atomic E-state index is 12.8. The van der Waals surface area contributed by atoms with Crippen LogP contribution in [0.25, 0.3) is 11.5 Å². The molecule has 1 saturated heterocycles. The number of nitrogens with zero attached hydrogens (tertiary/aromatic N) is 3. The fourth-order valence-corrected chi connectivity index (χ4v) is 3.84. The summed E-state index contributed by atoms with van der Waals surface area (Å²) >= 11 is 0. The molecule has 4 rings (SSSR count). The largest absolute Gasteiger partial charge is 0.441 e. The number of nitro benzene ring substituents is 1. The number of aryl methyl sites for hydroxylation is 2. The average molecular weight is 420 g/mol. The number of amides is 1. The number of oxazole rings is 1. The molecule has 1 aliphatic rings. The zero-order valence-corrected chi connectivity index (χ0v) is 17.5. The number of piperidine rings is 1. The molecule has 0 spiro atoms. The normalized spacial score (nSPS) is 14.5. The molecule has 0 unspecified atom stereocenters. The van der Waals surface area contributed by atoms with Crippen LogP contribution in [0.1, 0.15) is 24.3 Å². The van der Waals surface area contributed by atoms with Crippen molar-refractivity contribution < 1.29 is 14.1 Å². The van der Waals surface area contributed by atoms with E-state index in [1.807, 2.05) is 43.0 Å². The van der Waals surface area contributed by atoms with Gasteiger partial charge in [0.15, 0.2) is 0 Å². The van der Waals surface area contributed by atoms with E-state index in [1.54, 1.807) is 18.2 Å². The Morgan fingerprint density at radius 1 is 1.16 bits per heavy atom. The van der Waals surface area contributed by atoms with Gasteiger partial charge >= 0.3 is 0 Å². The topological polar surface area (TPSA) is 102 Å². The van der Waals surface area contributed by atoms with E-state index in [1.165, 1.54) is 6.07 Å². The van der Waals surface area contributed by atoms with Crippen molar-refractivity contribution >= 4 is 23.0 Å². The molecule has 0 radical (unpaired) electrons. The van der Waals surface area contributed by atoms with E-state index in [0.29, 0.717) is 43.2 Å². The van der Waals surface area contributed by atoms with Gasteiger partial charge in [-0.2, -0.15) is 0 Å². The molecular formula is C23H24N4O4. The van der Waals surface area contributed by atoms with Gasteiger partial charge < -0.3 is 14.6 Å². The van der Waals surface area contributed by atoms with Crippen molar-refractivity contribution in [1.29, 1.82) is 0 Å². The van der Waals surface area contributed by atoms with Crippen LogP contribution in [0.15, 0.2) is 52.9 Å². The Morgan fingerprint density at radius 3 is 2.58 bits per heavy atom. The minimum atomic E-state index is -0.363. The molecule has 2 heterocycles. The van der Waals surface area contributed by atoms with E-state index in [0.717, 1.165) is 17.0 Å². The summed E-state index contributed by atoms with van der Waals surface area (Å²) in [5.74, 6) is 1.12. The van der Waals surface area contributed by atoms with Crippen molar-refractivity contribution in [1.82, 2.24) is 4.98 Å². The number of rotatable bonds is 5. The van der Waals surface area contributed by atoms with Crippen molar-refractivity contribution in [2.24, 2.45) is 5.92 Å². The molecule has 3 aromatic rings. The summed E-state index contributed by atoms with van der Waals surface area (Å²) in [6.45, 7) is 4.95. The zero-order chi connectivity index (χ0) is 22.0. The molecule has 160 valence electrons. The summed E-state index contributed by atoms with van der Waals surface area (Å²) in [6, 6.07) is 14.2. The van der Waals surface area contributed by atoms with Crippen molar-refractivity contribution in [3.05, 3.63) is 70.1 Å². The lowest BCUT2D eigenvalue weighted by molar-refractivity contribution is -0.384. The highest BCUT2D eigenvalue weighted by Gasteiger charge is 2.28. The summed E-state index contributed by atoms with van der Waals surface area (Å²) in [7, 11) is 0. The first kappa shape index (κ1) is 20.6. The van der Waals surface area contributed by atoms with Gasteiger partial charge in [0.25, 0.3) is 5.69 Å². The van der Waals surface area contributed by atoms with Crippen molar-refractivity contribution in [2.45, 2.75) is 26.7 Å². The molecule has 2 aromatic carbocycles. The smallest absolute Gasteiger partial charge is 0.292 e. The Balaban J connectivity index is 1.40. The second kappa shape index (κ2) is 8.59. The number of anilines is 2. The van der Waals surface area contributed by atoms with Gasteiger partial charge in [-0.25, -0.2) is 4.98 Å². The van der Waals surface area contributed by atoms with Gasteiger partial charge in [-0.05, 0) is 51.0 Å². The number of carbonyl (C=O) groups is 1. The molecule has 31 heavy (non-hydrogen) atoms. The molecule has 1 aromatic heterocycles. The van der Waals surface area contributed by atoms with Crippen LogP contribution in [-0.2, 0) is 4.79 Å². The summed E-state index contributed by atoms with van der Waals surface area (Å²) in [6.07, 6.45) is 1.27. The lowest BCUT2D eigenvalue weighted by Gasteiger charge is -2.32. The molecule has 8 nitrogen and oxygen atoms in total. The first-order valence-corrected chi connectivity index (χ1v) is 10.3. The molecule has 0 saturated carbocycles. The summed E-state index contributed by atoms with van der Waals surface area (Å²) in [5, 5.41) is 14.3. The second-order valence-electron chi connectivity index (χ2n) is 7.74. The maximum Gasteiger partial charge on any atom is 0.292 e. The van der Waals surface area contributed by atoms with Crippen LogP contribution in [0.3, 0.4) is 0 Å². The molecule has 8 heteroatoms. The molecule has 0 bridgehead atoms. The number of aromatic nitrogens is 1. The third-order valence-corrected chi connectivity index (χ3v) is 5.69. The molecule has 1 N–H and O–H groups in total. The van der Waals surface area contributed by atoms with Crippen molar-refractivity contribution in [2.75, 3.05) is 23.3 Å². The van der Waals surface area contributed by atoms with Gasteiger partial charge in [0.1, 0.15) is 11.4 Å². The van der Waals surface area contributed by atoms with E-state index in [-0.39, 0.29) is 22.4 Å². The summed E-state index contributed by atoms with van der Waals surface area (Å²) < 4.78 is 5.68. The number of hydrogen-bond donors (Lipinski definition) is 1. The van der Waals surface area contributed by atoms with Gasteiger partial charge in [0.05, 0.1) is 10.6 Å². The average Bonchev–Trinajstić information content (AvgIpc) is 3.12. The van der Waals surface area contributed by atoms with Crippen LogP contribution in [0.4, 0.5) is 17.1 Å².